The van der Waals surface area contributed by atoms with Crippen molar-refractivity contribution in [3.8, 4) is 5.75 Å². The largest absolute Gasteiger partial charge is 0.506 e. The lowest BCUT2D eigenvalue weighted by Crippen LogP contribution is -2.36. The second-order valence-electron chi connectivity index (χ2n) is 6.30. The maximum atomic E-state index is 12.1. The Bertz CT molecular complexity index is 782. The Morgan fingerprint density at radius 1 is 1.27 bits per heavy atom. The van der Waals surface area contributed by atoms with E-state index in [-0.39, 0.29) is 23.3 Å². The fourth-order valence-electron chi connectivity index (χ4n) is 2.28. The molecule has 0 spiro atoms. The molecule has 1 aromatic heterocycles. The van der Waals surface area contributed by atoms with Gasteiger partial charge >= 0.3 is 0 Å². The SMILES string of the molecule is CC(C)C[C@H](N)C(=O)Nc1cc(NC(=O)/C=C/c2ccco2)ccc1O. The molecule has 2 aromatic rings. The van der Waals surface area contributed by atoms with Gasteiger partial charge in [0.2, 0.25) is 11.8 Å². The lowest BCUT2D eigenvalue weighted by Gasteiger charge is -2.15. The highest BCUT2D eigenvalue weighted by Crippen LogP contribution is 2.27. The highest BCUT2D eigenvalue weighted by atomic mass is 16.3. The molecule has 5 N–H and O–H groups in total. The van der Waals surface area contributed by atoms with Crippen molar-refractivity contribution in [1.82, 2.24) is 0 Å². The fourth-order valence-corrected chi connectivity index (χ4v) is 2.28. The van der Waals surface area contributed by atoms with Crippen LogP contribution in [0.2, 0.25) is 0 Å². The second-order valence-corrected chi connectivity index (χ2v) is 6.30. The Kier molecular flexibility index (Phi) is 6.57. The molecule has 0 aliphatic rings. The molecule has 0 fully saturated rings. The zero-order valence-electron chi connectivity index (χ0n) is 14.7. The first-order valence-corrected chi connectivity index (χ1v) is 8.27. The Labute approximate surface area is 151 Å². The van der Waals surface area contributed by atoms with E-state index in [0.29, 0.717) is 17.9 Å². The van der Waals surface area contributed by atoms with Crippen LogP contribution in [0.1, 0.15) is 26.0 Å². The Morgan fingerprint density at radius 3 is 2.69 bits per heavy atom. The average molecular weight is 357 g/mol. The van der Waals surface area contributed by atoms with E-state index in [0.717, 1.165) is 0 Å². The number of carbonyl (C=O) groups is 2. The monoisotopic (exact) mass is 357 g/mol. The molecular formula is C19H23N3O4. The standard InChI is InChI=1S/C19H23N3O4/c1-12(2)10-15(20)19(25)22-16-11-13(5-7-17(16)23)21-18(24)8-6-14-4-3-9-26-14/h3-9,11-12,15,23H,10,20H2,1-2H3,(H,21,24)(H,22,25)/b8-6+/t15-/m0/s1. The van der Waals surface area contributed by atoms with Crippen LogP contribution in [-0.2, 0) is 9.59 Å². The summed E-state index contributed by atoms with van der Waals surface area (Å²) >= 11 is 0. The van der Waals surface area contributed by atoms with Crippen LogP contribution in [0.4, 0.5) is 11.4 Å². The molecule has 0 saturated carbocycles. The number of aromatic hydroxyl groups is 1. The number of benzene rings is 1. The quantitative estimate of drug-likeness (QED) is 0.345. The van der Waals surface area contributed by atoms with Gasteiger partial charge in [0, 0.05) is 11.8 Å². The number of phenolic OH excluding ortho intramolecular Hbond substituents is 1. The lowest BCUT2D eigenvalue weighted by molar-refractivity contribution is -0.117. The van der Waals surface area contributed by atoms with Crippen molar-refractivity contribution < 1.29 is 19.1 Å². The van der Waals surface area contributed by atoms with E-state index in [9.17, 15) is 14.7 Å². The zero-order chi connectivity index (χ0) is 19.1. The van der Waals surface area contributed by atoms with Gasteiger partial charge in [-0.3, -0.25) is 9.59 Å². The summed E-state index contributed by atoms with van der Waals surface area (Å²) in [7, 11) is 0. The third-order valence-electron chi connectivity index (χ3n) is 3.53. The minimum Gasteiger partial charge on any atom is -0.506 e. The van der Waals surface area contributed by atoms with Crippen LogP contribution in [-0.4, -0.2) is 23.0 Å². The summed E-state index contributed by atoms with van der Waals surface area (Å²) in [6, 6.07) is 7.14. The first-order chi connectivity index (χ1) is 12.3. The summed E-state index contributed by atoms with van der Waals surface area (Å²) in [5, 5.41) is 15.1. The van der Waals surface area contributed by atoms with E-state index in [1.165, 1.54) is 36.6 Å². The molecule has 1 heterocycles. The van der Waals surface area contributed by atoms with E-state index in [1.807, 2.05) is 13.8 Å². The van der Waals surface area contributed by atoms with Crippen molar-refractivity contribution in [2.24, 2.45) is 11.7 Å². The number of phenols is 1. The summed E-state index contributed by atoms with van der Waals surface area (Å²) in [5.74, 6) is -0.0517. The molecule has 138 valence electrons. The first-order valence-electron chi connectivity index (χ1n) is 8.27. The van der Waals surface area contributed by atoms with Crippen molar-refractivity contribution in [2.45, 2.75) is 26.3 Å². The molecule has 0 aliphatic carbocycles. The van der Waals surface area contributed by atoms with E-state index in [1.54, 1.807) is 12.1 Å². The van der Waals surface area contributed by atoms with Crippen LogP contribution in [0, 0.1) is 5.92 Å². The number of carbonyl (C=O) groups excluding carboxylic acids is 2. The van der Waals surface area contributed by atoms with Crippen LogP contribution < -0.4 is 16.4 Å². The van der Waals surface area contributed by atoms with E-state index in [2.05, 4.69) is 10.6 Å². The van der Waals surface area contributed by atoms with E-state index >= 15 is 0 Å². The molecule has 1 atom stereocenters. The van der Waals surface area contributed by atoms with Gasteiger partial charge in [0.15, 0.2) is 0 Å². The van der Waals surface area contributed by atoms with Gasteiger partial charge in [0.1, 0.15) is 11.5 Å². The minimum absolute atomic E-state index is 0.112. The van der Waals surface area contributed by atoms with Crippen LogP contribution in [0.15, 0.2) is 47.1 Å². The summed E-state index contributed by atoms with van der Waals surface area (Å²) in [5.41, 5.74) is 6.44. The minimum atomic E-state index is -0.677. The molecule has 7 heteroatoms. The molecule has 2 rings (SSSR count). The van der Waals surface area contributed by atoms with Crippen LogP contribution in [0.5, 0.6) is 5.75 Å². The molecule has 7 nitrogen and oxygen atoms in total. The van der Waals surface area contributed by atoms with Crippen molar-refractivity contribution in [3.05, 3.63) is 48.4 Å². The van der Waals surface area contributed by atoms with Gasteiger partial charge in [-0.05, 0) is 48.7 Å². The smallest absolute Gasteiger partial charge is 0.248 e. The van der Waals surface area contributed by atoms with Gasteiger partial charge in [-0.2, -0.15) is 0 Å². The molecule has 26 heavy (non-hydrogen) atoms. The lowest BCUT2D eigenvalue weighted by atomic mass is 10.0. The van der Waals surface area contributed by atoms with Crippen molar-refractivity contribution >= 4 is 29.3 Å². The zero-order valence-corrected chi connectivity index (χ0v) is 14.7. The molecule has 1 aromatic carbocycles. The average Bonchev–Trinajstić information content (AvgIpc) is 3.09. The molecular weight excluding hydrogens is 334 g/mol. The number of nitrogens with one attached hydrogen (secondary N) is 2. The fraction of sp³-hybridized carbons (Fsp3) is 0.263. The summed E-state index contributed by atoms with van der Waals surface area (Å²) in [6.45, 7) is 3.94. The van der Waals surface area contributed by atoms with Crippen molar-refractivity contribution in [3.63, 3.8) is 0 Å². The highest BCUT2D eigenvalue weighted by molar-refractivity contribution is 6.03. The van der Waals surface area contributed by atoms with Gasteiger partial charge in [-0.25, -0.2) is 0 Å². The van der Waals surface area contributed by atoms with E-state index in [4.69, 9.17) is 10.2 Å². The number of nitrogens with two attached hydrogens (primary N) is 1. The summed E-state index contributed by atoms with van der Waals surface area (Å²) in [4.78, 5) is 24.1. The third kappa shape index (κ3) is 5.78. The molecule has 0 unspecified atom stereocenters. The summed E-state index contributed by atoms with van der Waals surface area (Å²) < 4.78 is 5.10. The molecule has 2 amide bonds. The predicted molar refractivity (Wildman–Crippen MR) is 101 cm³/mol. The van der Waals surface area contributed by atoms with Crippen molar-refractivity contribution in [1.29, 1.82) is 0 Å². The molecule has 0 bridgehead atoms. The number of hydrogen-bond donors (Lipinski definition) is 4. The second kappa shape index (κ2) is 8.87. The van der Waals surface area contributed by atoms with Crippen molar-refractivity contribution in [2.75, 3.05) is 10.6 Å². The van der Waals surface area contributed by atoms with Gasteiger partial charge in [0.25, 0.3) is 0 Å². The van der Waals surface area contributed by atoms with Gasteiger partial charge in [-0.15, -0.1) is 0 Å². The van der Waals surface area contributed by atoms with E-state index < -0.39 is 11.9 Å². The molecule has 0 aliphatic heterocycles. The Hall–Kier alpha value is -3.06. The van der Waals surface area contributed by atoms with Gasteiger partial charge in [-0.1, -0.05) is 13.8 Å². The number of furan rings is 1. The molecule has 0 saturated heterocycles. The Balaban J connectivity index is 2.02. The maximum Gasteiger partial charge on any atom is 0.248 e. The highest BCUT2D eigenvalue weighted by Gasteiger charge is 2.16. The molecule has 0 radical (unpaired) electrons. The van der Waals surface area contributed by atoms with Crippen LogP contribution >= 0.6 is 0 Å². The maximum absolute atomic E-state index is 12.1. The third-order valence-corrected chi connectivity index (χ3v) is 3.53. The van der Waals surface area contributed by atoms with Gasteiger partial charge < -0.3 is 25.9 Å². The van der Waals surface area contributed by atoms with Crippen LogP contribution in [0.3, 0.4) is 0 Å². The number of hydrogen-bond acceptors (Lipinski definition) is 5. The normalized spacial score (nSPS) is 12.3. The van der Waals surface area contributed by atoms with Crippen LogP contribution in [0.25, 0.3) is 6.08 Å². The van der Waals surface area contributed by atoms with Gasteiger partial charge in [0.05, 0.1) is 18.0 Å². The topological polar surface area (TPSA) is 118 Å². The Morgan fingerprint density at radius 2 is 2.04 bits per heavy atom. The number of anilines is 2. The number of rotatable bonds is 7. The summed E-state index contributed by atoms with van der Waals surface area (Å²) in [6.07, 6.45) is 4.89. The number of amides is 2. The first kappa shape index (κ1) is 19.3. The predicted octanol–water partition coefficient (Wildman–Crippen LogP) is 2.95.